The molecule has 0 saturated heterocycles. The summed E-state index contributed by atoms with van der Waals surface area (Å²) in [6.45, 7) is 6.39. The van der Waals surface area contributed by atoms with Crippen LogP contribution in [0.3, 0.4) is 0 Å². The van der Waals surface area contributed by atoms with Gasteiger partial charge in [-0.05, 0) is 26.8 Å². The van der Waals surface area contributed by atoms with Crippen molar-refractivity contribution in [2.24, 2.45) is 4.99 Å². The van der Waals surface area contributed by atoms with Crippen LogP contribution >= 0.6 is 0 Å². The lowest BCUT2D eigenvalue weighted by Gasteiger charge is -2.31. The van der Waals surface area contributed by atoms with Gasteiger partial charge in [0.2, 0.25) is 0 Å². The topological polar surface area (TPSA) is 32.7 Å². The van der Waals surface area contributed by atoms with E-state index < -0.39 is 0 Å². The molecule has 0 spiro atoms. The van der Waals surface area contributed by atoms with E-state index in [1.54, 1.807) is 0 Å². The monoisotopic (exact) mass is 242 g/mol. The van der Waals surface area contributed by atoms with Crippen LogP contribution in [-0.4, -0.2) is 29.1 Å². The van der Waals surface area contributed by atoms with Gasteiger partial charge in [-0.3, -0.25) is 4.79 Å². The van der Waals surface area contributed by atoms with Crippen molar-refractivity contribution in [3.05, 3.63) is 47.7 Å². The third-order valence-electron chi connectivity index (χ3n) is 3.14. The van der Waals surface area contributed by atoms with Crippen molar-refractivity contribution in [1.82, 2.24) is 4.90 Å². The second-order valence-electron chi connectivity index (χ2n) is 4.62. The average molecular weight is 242 g/mol. The molecule has 0 N–H and O–H groups in total. The Hall–Kier alpha value is -1.90. The summed E-state index contributed by atoms with van der Waals surface area (Å²) in [4.78, 5) is 18.6. The zero-order valence-electron chi connectivity index (χ0n) is 11.1. The molecule has 2 rings (SSSR count). The third-order valence-corrected chi connectivity index (χ3v) is 3.14. The minimum absolute atomic E-state index is 0.130. The maximum absolute atomic E-state index is 12.2. The molecule has 1 aliphatic heterocycles. The van der Waals surface area contributed by atoms with Crippen molar-refractivity contribution in [1.29, 1.82) is 0 Å². The Bertz CT molecular complexity index is 502. The van der Waals surface area contributed by atoms with Crippen molar-refractivity contribution in [3.8, 4) is 0 Å². The number of Topliss-reactive ketones (excluding diaryl/α,β-unsaturated/α-hetero) is 1. The van der Waals surface area contributed by atoms with Crippen LogP contribution in [0.4, 0.5) is 0 Å². The van der Waals surface area contributed by atoms with E-state index in [9.17, 15) is 4.79 Å². The Morgan fingerprint density at radius 2 is 1.94 bits per heavy atom. The molecule has 0 aliphatic carbocycles. The van der Waals surface area contributed by atoms with Crippen molar-refractivity contribution in [2.75, 3.05) is 6.54 Å². The number of benzene rings is 1. The molecular formula is C15H18N2O. The lowest BCUT2D eigenvalue weighted by atomic mass is 10.1. The first-order valence-corrected chi connectivity index (χ1v) is 6.16. The Morgan fingerprint density at radius 1 is 1.28 bits per heavy atom. The molecule has 3 heteroatoms. The van der Waals surface area contributed by atoms with E-state index in [1.807, 2.05) is 49.1 Å². The van der Waals surface area contributed by atoms with Gasteiger partial charge in [-0.25, -0.2) is 4.99 Å². The number of carbonyl (C=O) groups is 1. The molecule has 18 heavy (non-hydrogen) atoms. The molecule has 0 amide bonds. The first-order valence-electron chi connectivity index (χ1n) is 6.16. The summed E-state index contributed by atoms with van der Waals surface area (Å²) in [5.41, 5.74) is 1.77. The second kappa shape index (κ2) is 5.17. The predicted molar refractivity (Wildman–Crippen MR) is 73.8 cm³/mol. The summed E-state index contributed by atoms with van der Waals surface area (Å²) in [6.07, 6.45) is 2.07. The molecule has 1 aliphatic rings. The van der Waals surface area contributed by atoms with E-state index in [2.05, 4.69) is 18.0 Å². The van der Waals surface area contributed by atoms with Crippen LogP contribution in [-0.2, 0) is 0 Å². The molecule has 1 aromatic carbocycles. The molecule has 1 heterocycles. The molecule has 1 unspecified atom stereocenters. The molecule has 1 aromatic rings. The minimum Gasteiger partial charge on any atom is -0.346 e. The van der Waals surface area contributed by atoms with Gasteiger partial charge in [0, 0.05) is 17.3 Å². The molecule has 0 fully saturated rings. The van der Waals surface area contributed by atoms with Crippen molar-refractivity contribution >= 4 is 11.6 Å². The largest absolute Gasteiger partial charge is 0.346 e. The summed E-state index contributed by atoms with van der Waals surface area (Å²) in [6, 6.07) is 9.61. The number of ketones is 1. The lowest BCUT2D eigenvalue weighted by Crippen LogP contribution is -2.41. The van der Waals surface area contributed by atoms with Gasteiger partial charge in [0.1, 0.15) is 5.84 Å². The third kappa shape index (κ3) is 2.67. The van der Waals surface area contributed by atoms with Gasteiger partial charge in [0.25, 0.3) is 0 Å². The molecule has 0 aromatic heterocycles. The fraction of sp³-hybridized carbons (Fsp3) is 0.333. The summed E-state index contributed by atoms with van der Waals surface area (Å²) in [5, 5.41) is 0. The highest BCUT2D eigenvalue weighted by atomic mass is 16.1. The van der Waals surface area contributed by atoms with Crippen molar-refractivity contribution < 1.29 is 4.79 Å². The van der Waals surface area contributed by atoms with Crippen molar-refractivity contribution in [3.63, 3.8) is 0 Å². The fourth-order valence-corrected chi connectivity index (χ4v) is 2.22. The number of carbonyl (C=O) groups excluding carboxylic acids is 1. The van der Waals surface area contributed by atoms with Gasteiger partial charge < -0.3 is 4.90 Å². The standard InChI is InChI=1S/C15H18N2O/c1-11-9-12(2)17(13(3)16-11)10-15(18)14-7-5-4-6-8-14/h4-9,12H,10H2,1-3H3. The predicted octanol–water partition coefficient (Wildman–Crippen LogP) is 2.90. The van der Waals surface area contributed by atoms with Crippen LogP contribution in [0.1, 0.15) is 31.1 Å². The SMILES string of the molecule is CC1=CC(C)N(CC(=O)c2ccccc2)C(C)=N1. The van der Waals surface area contributed by atoms with Crippen LogP contribution in [0, 0.1) is 0 Å². The summed E-state index contributed by atoms with van der Waals surface area (Å²) < 4.78 is 0. The average Bonchev–Trinajstić information content (AvgIpc) is 2.34. The maximum atomic E-state index is 12.2. The fourth-order valence-electron chi connectivity index (χ4n) is 2.22. The van der Waals surface area contributed by atoms with E-state index in [1.165, 1.54) is 0 Å². The van der Waals surface area contributed by atoms with E-state index in [4.69, 9.17) is 0 Å². The van der Waals surface area contributed by atoms with Crippen LogP contribution in [0.15, 0.2) is 47.1 Å². The lowest BCUT2D eigenvalue weighted by molar-refractivity contribution is 0.0955. The number of hydrogen-bond acceptors (Lipinski definition) is 3. The Kier molecular flexibility index (Phi) is 3.60. The van der Waals surface area contributed by atoms with E-state index in [-0.39, 0.29) is 11.8 Å². The summed E-state index contributed by atoms with van der Waals surface area (Å²) in [7, 11) is 0. The van der Waals surface area contributed by atoms with Gasteiger partial charge in [0.05, 0.1) is 6.54 Å². The van der Waals surface area contributed by atoms with Crippen LogP contribution < -0.4 is 0 Å². The quantitative estimate of drug-likeness (QED) is 0.763. The van der Waals surface area contributed by atoms with Crippen LogP contribution in [0.5, 0.6) is 0 Å². The molecule has 94 valence electrons. The number of allylic oxidation sites excluding steroid dienone is 1. The molecular weight excluding hydrogens is 224 g/mol. The zero-order chi connectivity index (χ0) is 13.1. The van der Waals surface area contributed by atoms with Crippen LogP contribution in [0.2, 0.25) is 0 Å². The Morgan fingerprint density at radius 3 is 2.56 bits per heavy atom. The molecule has 0 bridgehead atoms. The number of amidine groups is 1. The Balaban J connectivity index is 2.11. The smallest absolute Gasteiger partial charge is 0.182 e. The minimum atomic E-state index is 0.130. The highest BCUT2D eigenvalue weighted by molar-refractivity contribution is 5.99. The first kappa shape index (κ1) is 12.6. The van der Waals surface area contributed by atoms with Gasteiger partial charge in [0.15, 0.2) is 5.78 Å². The number of aliphatic imine (C=N–C) groups is 1. The zero-order valence-corrected chi connectivity index (χ0v) is 11.1. The molecule has 0 radical (unpaired) electrons. The van der Waals surface area contributed by atoms with E-state index in [0.29, 0.717) is 6.54 Å². The second-order valence-corrected chi connectivity index (χ2v) is 4.62. The van der Waals surface area contributed by atoms with Gasteiger partial charge in [-0.2, -0.15) is 0 Å². The number of nitrogens with zero attached hydrogens (tertiary/aromatic N) is 2. The highest BCUT2D eigenvalue weighted by Crippen LogP contribution is 2.14. The molecule has 0 saturated carbocycles. The molecule has 3 nitrogen and oxygen atoms in total. The first-order chi connectivity index (χ1) is 8.58. The maximum Gasteiger partial charge on any atom is 0.182 e. The summed E-state index contributed by atoms with van der Waals surface area (Å²) >= 11 is 0. The highest BCUT2D eigenvalue weighted by Gasteiger charge is 2.20. The van der Waals surface area contributed by atoms with Gasteiger partial charge >= 0.3 is 0 Å². The van der Waals surface area contributed by atoms with Crippen LogP contribution in [0.25, 0.3) is 0 Å². The van der Waals surface area contributed by atoms with Gasteiger partial charge in [-0.1, -0.05) is 30.3 Å². The summed E-state index contributed by atoms with van der Waals surface area (Å²) in [5.74, 6) is 1.04. The Labute approximate surface area is 108 Å². The molecule has 1 atom stereocenters. The normalized spacial score (nSPS) is 19.3. The van der Waals surface area contributed by atoms with E-state index >= 15 is 0 Å². The number of hydrogen-bond donors (Lipinski definition) is 0. The number of rotatable bonds is 3. The van der Waals surface area contributed by atoms with Crippen molar-refractivity contribution in [2.45, 2.75) is 26.8 Å². The van der Waals surface area contributed by atoms with E-state index in [0.717, 1.165) is 17.1 Å². The van der Waals surface area contributed by atoms with Gasteiger partial charge in [-0.15, -0.1) is 0 Å².